The van der Waals surface area contributed by atoms with Crippen molar-refractivity contribution in [2.45, 2.75) is 33.3 Å². The first kappa shape index (κ1) is 21.8. The van der Waals surface area contributed by atoms with Crippen molar-refractivity contribution in [1.82, 2.24) is 5.32 Å². The Morgan fingerprint density at radius 1 is 0.636 bits per heavy atom. The Morgan fingerprint density at radius 3 is 1.55 bits per heavy atom. The first-order valence-electron chi connectivity index (χ1n) is 8.40. The molecule has 0 aliphatic rings. The molecule has 0 bridgehead atoms. The highest BCUT2D eigenvalue weighted by Gasteiger charge is 1.94. The molecule has 0 atom stereocenters. The van der Waals surface area contributed by atoms with E-state index >= 15 is 0 Å². The molecule has 0 amide bonds. The Kier molecular flexibility index (Phi) is 18.6. The average molecular weight is 321 g/mol. The van der Waals surface area contributed by atoms with Crippen LogP contribution in [0, 0.1) is 0 Å². The van der Waals surface area contributed by atoms with Gasteiger partial charge in [0, 0.05) is 6.54 Å². The van der Waals surface area contributed by atoms with Crippen LogP contribution in [0.1, 0.15) is 27.2 Å². The lowest BCUT2D eigenvalue weighted by atomic mass is 10.5. The maximum atomic E-state index is 5.42. The van der Waals surface area contributed by atoms with Crippen molar-refractivity contribution >= 4 is 0 Å². The van der Waals surface area contributed by atoms with E-state index in [1.807, 2.05) is 13.8 Å². The third kappa shape index (κ3) is 19.8. The molecular formula is C16H35NO5. The minimum absolute atomic E-state index is 0.258. The second-order valence-electron chi connectivity index (χ2n) is 5.12. The molecule has 0 spiro atoms. The van der Waals surface area contributed by atoms with Crippen molar-refractivity contribution in [3.8, 4) is 0 Å². The summed E-state index contributed by atoms with van der Waals surface area (Å²) in [5, 5.41) is 3.28. The Hall–Kier alpha value is -0.240. The van der Waals surface area contributed by atoms with Crippen LogP contribution >= 0.6 is 0 Å². The fraction of sp³-hybridized carbons (Fsp3) is 1.00. The predicted octanol–water partition coefficient (Wildman–Crippen LogP) is 1.48. The van der Waals surface area contributed by atoms with Crippen LogP contribution in [-0.4, -0.2) is 78.7 Å². The molecule has 1 N–H and O–H groups in total. The lowest BCUT2D eigenvalue weighted by molar-refractivity contribution is -0.0174. The van der Waals surface area contributed by atoms with Crippen molar-refractivity contribution in [3.05, 3.63) is 0 Å². The van der Waals surface area contributed by atoms with E-state index in [0.29, 0.717) is 52.9 Å². The lowest BCUT2D eigenvalue weighted by Gasteiger charge is -2.09. The number of hydrogen-bond acceptors (Lipinski definition) is 6. The van der Waals surface area contributed by atoms with Gasteiger partial charge in [-0.15, -0.1) is 0 Å². The maximum Gasteiger partial charge on any atom is 0.0703 e. The molecular weight excluding hydrogens is 286 g/mol. The summed E-state index contributed by atoms with van der Waals surface area (Å²) in [6, 6.07) is 0. The van der Waals surface area contributed by atoms with Gasteiger partial charge in [0.25, 0.3) is 0 Å². The summed E-state index contributed by atoms with van der Waals surface area (Å²) in [4.78, 5) is 0. The maximum absolute atomic E-state index is 5.42. The van der Waals surface area contributed by atoms with Crippen LogP contribution < -0.4 is 5.32 Å². The monoisotopic (exact) mass is 321 g/mol. The predicted molar refractivity (Wildman–Crippen MR) is 87.5 cm³/mol. The van der Waals surface area contributed by atoms with Crippen LogP contribution in [0.4, 0.5) is 0 Å². The number of ether oxygens (including phenoxy) is 5. The number of rotatable bonds is 18. The average Bonchev–Trinajstić information content (AvgIpc) is 2.50. The summed E-state index contributed by atoms with van der Waals surface area (Å²) < 4.78 is 26.9. The molecule has 0 aromatic carbocycles. The highest BCUT2D eigenvalue weighted by Crippen LogP contribution is 1.87. The van der Waals surface area contributed by atoms with Gasteiger partial charge < -0.3 is 29.0 Å². The zero-order valence-corrected chi connectivity index (χ0v) is 14.6. The van der Waals surface area contributed by atoms with Gasteiger partial charge in [0.05, 0.1) is 65.6 Å². The molecule has 0 saturated carbocycles. The van der Waals surface area contributed by atoms with E-state index in [4.69, 9.17) is 23.7 Å². The fourth-order valence-corrected chi connectivity index (χ4v) is 1.55. The van der Waals surface area contributed by atoms with Crippen LogP contribution in [0.15, 0.2) is 0 Å². The lowest BCUT2D eigenvalue weighted by Crippen LogP contribution is -2.21. The third-order valence-corrected chi connectivity index (χ3v) is 2.64. The van der Waals surface area contributed by atoms with Gasteiger partial charge in [0.2, 0.25) is 0 Å². The number of nitrogens with one attached hydrogen (secondary N) is 1. The summed E-state index contributed by atoms with van der Waals surface area (Å²) in [7, 11) is 0. The molecule has 0 rings (SSSR count). The van der Waals surface area contributed by atoms with E-state index in [-0.39, 0.29) is 6.10 Å². The highest BCUT2D eigenvalue weighted by atomic mass is 16.6. The smallest absolute Gasteiger partial charge is 0.0703 e. The van der Waals surface area contributed by atoms with Crippen LogP contribution in [0.25, 0.3) is 0 Å². The first-order chi connectivity index (χ1) is 10.8. The minimum Gasteiger partial charge on any atom is -0.378 e. The molecule has 6 nitrogen and oxygen atoms in total. The van der Waals surface area contributed by atoms with Gasteiger partial charge in [-0.2, -0.15) is 0 Å². The Morgan fingerprint density at radius 2 is 1.09 bits per heavy atom. The summed E-state index contributed by atoms with van der Waals surface area (Å²) >= 11 is 0. The molecule has 134 valence electrons. The second-order valence-corrected chi connectivity index (χ2v) is 5.12. The van der Waals surface area contributed by atoms with Gasteiger partial charge in [-0.1, -0.05) is 6.92 Å². The fourth-order valence-electron chi connectivity index (χ4n) is 1.55. The van der Waals surface area contributed by atoms with Gasteiger partial charge in [-0.05, 0) is 26.8 Å². The molecule has 0 aromatic rings. The minimum atomic E-state index is 0.258. The van der Waals surface area contributed by atoms with Gasteiger partial charge in [0.1, 0.15) is 0 Å². The Labute approximate surface area is 135 Å². The third-order valence-electron chi connectivity index (χ3n) is 2.64. The molecule has 0 heterocycles. The van der Waals surface area contributed by atoms with Crippen LogP contribution in [-0.2, 0) is 23.7 Å². The van der Waals surface area contributed by atoms with Gasteiger partial charge in [-0.3, -0.25) is 0 Å². The number of hydrogen-bond donors (Lipinski definition) is 1. The van der Waals surface area contributed by atoms with Gasteiger partial charge >= 0.3 is 0 Å². The molecule has 0 aliphatic heterocycles. The van der Waals surface area contributed by atoms with Crippen LogP contribution in [0.5, 0.6) is 0 Å². The topological polar surface area (TPSA) is 58.2 Å². The molecule has 0 radical (unpaired) electrons. The van der Waals surface area contributed by atoms with Crippen molar-refractivity contribution < 1.29 is 23.7 Å². The molecule has 0 saturated heterocycles. The van der Waals surface area contributed by atoms with Crippen molar-refractivity contribution in [3.63, 3.8) is 0 Å². The van der Waals surface area contributed by atoms with E-state index in [1.54, 1.807) is 0 Å². The zero-order chi connectivity index (χ0) is 16.3. The Bertz CT molecular complexity index is 205. The van der Waals surface area contributed by atoms with Gasteiger partial charge in [-0.25, -0.2) is 0 Å². The molecule has 0 aromatic heterocycles. The summed E-state index contributed by atoms with van der Waals surface area (Å²) in [5.74, 6) is 0. The van der Waals surface area contributed by atoms with Gasteiger partial charge in [0.15, 0.2) is 0 Å². The summed E-state index contributed by atoms with van der Waals surface area (Å²) in [5.41, 5.74) is 0. The molecule has 0 unspecified atom stereocenters. The highest BCUT2D eigenvalue weighted by molar-refractivity contribution is 4.43. The largest absolute Gasteiger partial charge is 0.378 e. The van der Waals surface area contributed by atoms with Crippen molar-refractivity contribution in [2.24, 2.45) is 0 Å². The molecule has 0 fully saturated rings. The first-order valence-corrected chi connectivity index (χ1v) is 8.40. The standard InChI is InChI=1S/C16H35NO5/c1-4-5-17-6-7-18-8-9-19-10-11-20-12-13-21-14-15-22-16(2)3/h16-17H,4-15H2,1-3H3. The van der Waals surface area contributed by atoms with E-state index in [2.05, 4.69) is 12.2 Å². The van der Waals surface area contributed by atoms with Crippen LogP contribution in [0.3, 0.4) is 0 Å². The van der Waals surface area contributed by atoms with Crippen molar-refractivity contribution in [2.75, 3.05) is 72.6 Å². The van der Waals surface area contributed by atoms with Crippen LogP contribution in [0.2, 0.25) is 0 Å². The molecule has 6 heteroatoms. The normalized spacial score (nSPS) is 11.5. The second kappa shape index (κ2) is 18.8. The summed E-state index contributed by atoms with van der Waals surface area (Å²) in [6.45, 7) is 13.7. The van der Waals surface area contributed by atoms with E-state index in [0.717, 1.165) is 26.1 Å². The van der Waals surface area contributed by atoms with Crippen molar-refractivity contribution in [1.29, 1.82) is 0 Å². The Balaban J connectivity index is 2.94. The van der Waals surface area contributed by atoms with E-state index in [1.165, 1.54) is 0 Å². The van der Waals surface area contributed by atoms with E-state index < -0.39 is 0 Å². The van der Waals surface area contributed by atoms with E-state index in [9.17, 15) is 0 Å². The SMILES string of the molecule is CCCNCCOCCOCCOCCOCCOC(C)C. The molecule has 22 heavy (non-hydrogen) atoms. The molecule has 0 aliphatic carbocycles. The quantitative estimate of drug-likeness (QED) is 0.386. The zero-order valence-electron chi connectivity index (χ0n) is 14.6. The summed E-state index contributed by atoms with van der Waals surface area (Å²) in [6.07, 6.45) is 1.41.